The fourth-order valence-electron chi connectivity index (χ4n) is 2.06. The van der Waals surface area contributed by atoms with Crippen LogP contribution in [0, 0.1) is 0 Å². The number of carbonyl (C=O) groups is 2. The number of hydrogen-bond acceptors (Lipinski definition) is 4. The largest absolute Gasteiger partial charge is 0.508 e. The molecule has 0 aromatic heterocycles. The van der Waals surface area contributed by atoms with Crippen LogP contribution in [0.15, 0.2) is 48.5 Å². The highest BCUT2D eigenvalue weighted by atomic mass is 127. The Kier molecular flexibility index (Phi) is 7.06. The fourth-order valence-corrected chi connectivity index (χ4v) is 3.41. The second-order valence-electron chi connectivity index (χ2n) is 5.14. The second kappa shape index (κ2) is 9.04. The maximum Gasteiger partial charge on any atom is 0.327 e. The molecule has 8 heteroatoms. The Balaban J connectivity index is 2.06. The zero-order valence-corrected chi connectivity index (χ0v) is 16.7. The molecule has 2 N–H and O–H groups in total. The number of halogens is 2. The summed E-state index contributed by atoms with van der Waals surface area (Å²) in [5.74, 6) is -0.0447. The Hall–Kier alpha value is -1.81. The molecule has 0 spiro atoms. The summed E-state index contributed by atoms with van der Waals surface area (Å²) in [7, 11) is 0. The van der Waals surface area contributed by atoms with Gasteiger partial charge < -0.3 is 14.9 Å². The molecular formula is C17H15BrINO5. The molecule has 0 saturated carbocycles. The van der Waals surface area contributed by atoms with Crippen molar-refractivity contribution in [2.24, 2.45) is 0 Å². The van der Waals surface area contributed by atoms with E-state index in [9.17, 15) is 19.8 Å². The quantitative estimate of drug-likeness (QED) is 0.330. The van der Waals surface area contributed by atoms with Crippen LogP contribution in [0.1, 0.15) is 5.56 Å². The number of ether oxygens (including phenoxy) is 1. The van der Waals surface area contributed by atoms with E-state index in [1.807, 2.05) is 0 Å². The highest BCUT2D eigenvalue weighted by molar-refractivity contribution is 14.1. The molecular weight excluding hydrogens is 505 g/mol. The molecule has 25 heavy (non-hydrogen) atoms. The lowest BCUT2D eigenvalue weighted by Gasteiger charge is -2.22. The average Bonchev–Trinajstić information content (AvgIpc) is 2.61. The van der Waals surface area contributed by atoms with E-state index in [0.717, 1.165) is 5.56 Å². The summed E-state index contributed by atoms with van der Waals surface area (Å²) in [5, 5.41) is 18.7. The van der Waals surface area contributed by atoms with Gasteiger partial charge in [-0.1, -0.05) is 28.1 Å². The Bertz CT molecular complexity index is 736. The summed E-state index contributed by atoms with van der Waals surface area (Å²) in [4.78, 5) is 23.1. The van der Waals surface area contributed by atoms with Crippen molar-refractivity contribution in [2.45, 2.75) is 12.5 Å². The SMILES string of the molecule is O=C(O)[C@H](Cc1ccc(Oc2ccc(O)cc2)cc1)N(I)C(=O)CBr. The molecule has 0 saturated heterocycles. The van der Waals surface area contributed by atoms with Crippen molar-refractivity contribution in [3.63, 3.8) is 0 Å². The first-order chi connectivity index (χ1) is 11.9. The number of amides is 1. The lowest BCUT2D eigenvalue weighted by atomic mass is 10.1. The number of carboxylic acids is 1. The maximum atomic E-state index is 11.7. The molecule has 2 rings (SSSR count). The molecule has 2 aromatic carbocycles. The monoisotopic (exact) mass is 519 g/mol. The van der Waals surface area contributed by atoms with Gasteiger partial charge in [0.25, 0.3) is 0 Å². The molecule has 0 aliphatic heterocycles. The molecule has 0 heterocycles. The third kappa shape index (κ3) is 5.60. The number of aliphatic carboxylic acids is 1. The first-order valence-corrected chi connectivity index (χ1v) is 9.31. The molecule has 1 amide bonds. The van der Waals surface area contributed by atoms with Crippen molar-refractivity contribution < 1.29 is 24.5 Å². The normalized spacial score (nSPS) is 11.6. The number of hydrogen-bond donors (Lipinski definition) is 2. The summed E-state index contributed by atoms with van der Waals surface area (Å²) in [6.07, 6.45) is 0.191. The van der Waals surface area contributed by atoms with Gasteiger partial charge in [0.2, 0.25) is 5.91 Å². The fraction of sp³-hybridized carbons (Fsp3) is 0.176. The number of phenolic OH excluding ortho intramolecular Hbond substituents is 1. The van der Waals surface area contributed by atoms with Crippen LogP contribution in [0.5, 0.6) is 17.2 Å². The van der Waals surface area contributed by atoms with Crippen LogP contribution in [-0.2, 0) is 16.0 Å². The number of alkyl halides is 1. The van der Waals surface area contributed by atoms with E-state index in [1.165, 1.54) is 15.2 Å². The van der Waals surface area contributed by atoms with Gasteiger partial charge in [-0.15, -0.1) is 0 Å². The summed E-state index contributed by atoms with van der Waals surface area (Å²) in [6.45, 7) is 0. The van der Waals surface area contributed by atoms with Crippen molar-refractivity contribution in [3.8, 4) is 17.2 Å². The lowest BCUT2D eigenvalue weighted by Crippen LogP contribution is -2.40. The minimum atomic E-state index is -1.06. The minimum absolute atomic E-state index is 0.0686. The van der Waals surface area contributed by atoms with E-state index in [2.05, 4.69) is 15.9 Å². The van der Waals surface area contributed by atoms with Crippen molar-refractivity contribution in [1.82, 2.24) is 3.11 Å². The number of nitrogens with zero attached hydrogens (tertiary/aromatic N) is 1. The van der Waals surface area contributed by atoms with Crippen molar-refractivity contribution in [1.29, 1.82) is 0 Å². The number of aromatic hydroxyl groups is 1. The zero-order valence-electron chi connectivity index (χ0n) is 12.9. The van der Waals surface area contributed by atoms with Gasteiger partial charge >= 0.3 is 5.97 Å². The van der Waals surface area contributed by atoms with E-state index < -0.39 is 12.0 Å². The van der Waals surface area contributed by atoms with Crippen LogP contribution in [0.25, 0.3) is 0 Å². The summed E-state index contributed by atoms with van der Waals surface area (Å²) in [5.41, 5.74) is 0.773. The van der Waals surface area contributed by atoms with Gasteiger partial charge in [0.15, 0.2) is 0 Å². The molecule has 2 aromatic rings. The molecule has 0 bridgehead atoms. The third-order valence-corrected chi connectivity index (χ3v) is 5.03. The average molecular weight is 520 g/mol. The zero-order chi connectivity index (χ0) is 18.4. The summed E-state index contributed by atoms with van der Waals surface area (Å²) in [6, 6.07) is 12.4. The van der Waals surface area contributed by atoms with Gasteiger partial charge in [-0.3, -0.25) is 7.91 Å². The van der Waals surface area contributed by atoms with E-state index in [1.54, 1.807) is 59.3 Å². The molecule has 0 radical (unpaired) electrons. The number of phenols is 1. The molecule has 0 unspecified atom stereocenters. The van der Waals surface area contributed by atoms with Gasteiger partial charge in [0.05, 0.1) is 28.2 Å². The van der Waals surface area contributed by atoms with Crippen LogP contribution in [0.4, 0.5) is 0 Å². The highest BCUT2D eigenvalue weighted by Gasteiger charge is 2.27. The predicted molar refractivity (Wildman–Crippen MR) is 104 cm³/mol. The predicted octanol–water partition coefficient (Wildman–Crippen LogP) is 3.75. The molecule has 0 aliphatic carbocycles. The van der Waals surface area contributed by atoms with Crippen LogP contribution < -0.4 is 4.74 Å². The molecule has 6 nitrogen and oxygen atoms in total. The topological polar surface area (TPSA) is 87.1 Å². The number of carbonyl (C=O) groups excluding carboxylic acids is 1. The van der Waals surface area contributed by atoms with Crippen LogP contribution >= 0.6 is 38.8 Å². The van der Waals surface area contributed by atoms with Gasteiger partial charge in [0.1, 0.15) is 23.3 Å². The second-order valence-corrected chi connectivity index (χ2v) is 6.74. The van der Waals surface area contributed by atoms with E-state index in [-0.39, 0.29) is 23.4 Å². The number of carboxylic acid groups (broad SMARTS) is 1. The first kappa shape index (κ1) is 19.5. The van der Waals surface area contributed by atoms with Crippen molar-refractivity contribution in [3.05, 3.63) is 54.1 Å². The lowest BCUT2D eigenvalue weighted by molar-refractivity contribution is -0.144. The third-order valence-electron chi connectivity index (χ3n) is 3.34. The minimum Gasteiger partial charge on any atom is -0.508 e. The smallest absolute Gasteiger partial charge is 0.327 e. The van der Waals surface area contributed by atoms with Crippen LogP contribution in [0.2, 0.25) is 0 Å². The van der Waals surface area contributed by atoms with E-state index in [4.69, 9.17) is 4.74 Å². The van der Waals surface area contributed by atoms with Gasteiger partial charge in [-0.25, -0.2) is 4.79 Å². The Morgan fingerprint density at radius 1 is 1.08 bits per heavy atom. The summed E-state index contributed by atoms with van der Waals surface area (Å²) >= 11 is 4.77. The maximum absolute atomic E-state index is 11.7. The van der Waals surface area contributed by atoms with E-state index >= 15 is 0 Å². The van der Waals surface area contributed by atoms with Gasteiger partial charge in [0, 0.05) is 6.42 Å². The van der Waals surface area contributed by atoms with E-state index in [0.29, 0.717) is 11.5 Å². The molecule has 1 atom stereocenters. The van der Waals surface area contributed by atoms with Crippen molar-refractivity contribution >= 4 is 50.7 Å². The molecule has 132 valence electrons. The van der Waals surface area contributed by atoms with Crippen LogP contribution in [-0.4, -0.2) is 36.6 Å². The van der Waals surface area contributed by atoms with Crippen molar-refractivity contribution in [2.75, 3.05) is 5.33 Å². The summed E-state index contributed by atoms with van der Waals surface area (Å²) < 4.78 is 6.83. The van der Waals surface area contributed by atoms with Gasteiger partial charge in [-0.05, 0) is 42.0 Å². The number of benzene rings is 2. The standard InChI is InChI=1S/C17H15BrINO5/c18-10-16(22)20(19)15(17(23)24)9-11-1-5-13(6-2-11)25-14-7-3-12(21)4-8-14/h1-8,15,21H,9-10H2,(H,23,24)/t15-/m0/s1. The van der Waals surface area contributed by atoms with Gasteiger partial charge in [-0.2, -0.15) is 0 Å². The molecule has 0 fully saturated rings. The highest BCUT2D eigenvalue weighted by Crippen LogP contribution is 2.24. The Morgan fingerprint density at radius 3 is 2.08 bits per heavy atom. The van der Waals surface area contributed by atoms with Crippen LogP contribution in [0.3, 0.4) is 0 Å². The number of rotatable bonds is 7. The first-order valence-electron chi connectivity index (χ1n) is 7.23. The molecule has 0 aliphatic rings. The Morgan fingerprint density at radius 2 is 1.60 bits per heavy atom. The Labute approximate surface area is 167 Å².